The van der Waals surface area contributed by atoms with Gasteiger partial charge in [-0.1, -0.05) is 12.6 Å². The van der Waals surface area contributed by atoms with Crippen LogP contribution in [0.5, 0.6) is 5.88 Å². The lowest BCUT2D eigenvalue weighted by Crippen LogP contribution is -2.50. The second-order valence-corrected chi connectivity index (χ2v) is 3.38. The van der Waals surface area contributed by atoms with Crippen molar-refractivity contribution in [3.05, 3.63) is 36.3 Å². The molecule has 1 atom stereocenters. The molecule has 6 heteroatoms. The second-order valence-electron chi connectivity index (χ2n) is 3.38. The molecule has 0 aliphatic rings. The summed E-state index contributed by atoms with van der Waals surface area (Å²) in [6, 6.07) is 2.68. The number of nitrogens with two attached hydrogens (primary N) is 1. The van der Waals surface area contributed by atoms with E-state index in [1.165, 1.54) is 18.3 Å². The van der Waals surface area contributed by atoms with Crippen LogP contribution in [0.1, 0.15) is 5.56 Å². The summed E-state index contributed by atoms with van der Waals surface area (Å²) in [4.78, 5) is 14.4. The highest BCUT2D eigenvalue weighted by molar-refractivity contribution is 5.82. The quantitative estimate of drug-likeness (QED) is 0.698. The van der Waals surface area contributed by atoms with Gasteiger partial charge < -0.3 is 15.9 Å². The summed E-state index contributed by atoms with van der Waals surface area (Å²) in [5.41, 5.74) is 3.61. The van der Waals surface area contributed by atoms with Gasteiger partial charge in [0.2, 0.25) is 5.88 Å². The first kappa shape index (κ1) is 12.1. The zero-order valence-corrected chi connectivity index (χ0v) is 8.35. The van der Waals surface area contributed by atoms with Gasteiger partial charge in [-0.05, 0) is 5.56 Å². The van der Waals surface area contributed by atoms with Crippen molar-refractivity contribution in [3.8, 4) is 5.88 Å². The molecule has 0 saturated carbocycles. The molecule has 0 fully saturated rings. The molecule has 0 amide bonds. The summed E-state index contributed by atoms with van der Waals surface area (Å²) in [6.07, 6.45) is 0.938. The number of hydrogen-bond donors (Lipinski definition) is 3. The predicted molar refractivity (Wildman–Crippen MR) is 54.4 cm³/mol. The molecule has 1 heterocycles. The molecule has 0 spiro atoms. The van der Waals surface area contributed by atoms with Crippen molar-refractivity contribution in [3.63, 3.8) is 0 Å². The number of aromatic hydroxyl groups is 1. The van der Waals surface area contributed by atoms with Crippen LogP contribution in [0.25, 0.3) is 0 Å². The van der Waals surface area contributed by atoms with E-state index in [4.69, 9.17) is 15.9 Å². The van der Waals surface area contributed by atoms with Crippen LogP contribution < -0.4 is 5.73 Å². The number of nitrogens with zero attached hydrogens (tertiary/aromatic N) is 1. The van der Waals surface area contributed by atoms with Crippen LogP contribution in [0, 0.1) is 0 Å². The molecule has 0 saturated heterocycles. The Labute approximate surface area is 91.0 Å². The van der Waals surface area contributed by atoms with Crippen molar-refractivity contribution < 1.29 is 19.4 Å². The van der Waals surface area contributed by atoms with Crippen molar-refractivity contribution in [2.75, 3.05) is 0 Å². The lowest BCUT2D eigenvalue weighted by atomic mass is 9.92. The van der Waals surface area contributed by atoms with Gasteiger partial charge in [-0.25, -0.2) is 14.2 Å². The molecular formula is C10H11FN2O3. The van der Waals surface area contributed by atoms with Gasteiger partial charge >= 0.3 is 5.97 Å². The molecule has 1 rings (SSSR count). The Kier molecular flexibility index (Phi) is 3.24. The maximum absolute atomic E-state index is 13.0. The van der Waals surface area contributed by atoms with Gasteiger partial charge in [0, 0.05) is 18.7 Å². The van der Waals surface area contributed by atoms with E-state index in [9.17, 15) is 9.18 Å². The number of pyridine rings is 1. The lowest BCUT2D eigenvalue weighted by molar-refractivity contribution is -0.142. The van der Waals surface area contributed by atoms with E-state index in [-0.39, 0.29) is 12.3 Å². The largest absolute Gasteiger partial charge is 0.493 e. The predicted octanol–water partition coefficient (Wildman–Crippen LogP) is 0.595. The topological polar surface area (TPSA) is 96.4 Å². The molecule has 1 unspecified atom stereocenters. The number of hydrogen-bond acceptors (Lipinski definition) is 4. The molecule has 4 N–H and O–H groups in total. The number of aliphatic carboxylic acids is 1. The smallest absolute Gasteiger partial charge is 0.331 e. The average molecular weight is 226 g/mol. The van der Waals surface area contributed by atoms with Gasteiger partial charge in [-0.2, -0.15) is 0 Å². The van der Waals surface area contributed by atoms with E-state index in [1.807, 2.05) is 0 Å². The monoisotopic (exact) mass is 226 g/mol. The Balaban J connectivity index is 2.97. The lowest BCUT2D eigenvalue weighted by Gasteiger charge is -2.22. The van der Waals surface area contributed by atoms with Gasteiger partial charge in [0.1, 0.15) is 5.83 Å². The van der Waals surface area contributed by atoms with Crippen LogP contribution in [0.3, 0.4) is 0 Å². The number of halogens is 1. The fourth-order valence-corrected chi connectivity index (χ4v) is 1.13. The van der Waals surface area contributed by atoms with E-state index in [2.05, 4.69) is 11.6 Å². The highest BCUT2D eigenvalue weighted by Gasteiger charge is 2.38. The molecule has 0 aliphatic heterocycles. The molecule has 0 aromatic carbocycles. The van der Waals surface area contributed by atoms with Gasteiger partial charge in [0.15, 0.2) is 5.54 Å². The zero-order chi connectivity index (χ0) is 12.3. The van der Waals surface area contributed by atoms with Gasteiger partial charge in [-0.3, -0.25) is 0 Å². The molecule has 16 heavy (non-hydrogen) atoms. The van der Waals surface area contributed by atoms with Crippen molar-refractivity contribution in [2.45, 2.75) is 12.0 Å². The van der Waals surface area contributed by atoms with Crippen molar-refractivity contribution in [1.29, 1.82) is 0 Å². The summed E-state index contributed by atoms with van der Waals surface area (Å²) in [7, 11) is 0. The fraction of sp³-hybridized carbons (Fsp3) is 0.200. The molecule has 1 aromatic rings. The highest BCUT2D eigenvalue weighted by atomic mass is 19.1. The zero-order valence-electron chi connectivity index (χ0n) is 8.35. The molecule has 0 aliphatic carbocycles. The third-order valence-electron chi connectivity index (χ3n) is 2.16. The third-order valence-corrected chi connectivity index (χ3v) is 2.16. The maximum atomic E-state index is 13.0. The average Bonchev–Trinajstić information content (AvgIpc) is 2.20. The Morgan fingerprint density at radius 2 is 2.25 bits per heavy atom. The number of carboxylic acid groups (broad SMARTS) is 1. The normalized spacial score (nSPS) is 14.1. The second kappa shape index (κ2) is 4.28. The fourth-order valence-electron chi connectivity index (χ4n) is 1.13. The number of carboxylic acids is 1. The van der Waals surface area contributed by atoms with E-state index in [0.717, 1.165) is 0 Å². The van der Waals surface area contributed by atoms with Crippen molar-refractivity contribution in [2.24, 2.45) is 5.73 Å². The third kappa shape index (κ3) is 2.34. The minimum absolute atomic E-state index is 0.208. The molecular weight excluding hydrogens is 215 g/mol. The minimum atomic E-state index is -2.17. The van der Waals surface area contributed by atoms with E-state index in [1.54, 1.807) is 0 Å². The molecule has 5 nitrogen and oxygen atoms in total. The Hall–Kier alpha value is -1.95. The van der Waals surface area contributed by atoms with Gasteiger partial charge in [-0.15, -0.1) is 0 Å². The van der Waals surface area contributed by atoms with Gasteiger partial charge in [0.05, 0.1) is 0 Å². The summed E-state index contributed by atoms with van der Waals surface area (Å²) in [6.45, 7) is 2.92. The van der Waals surface area contributed by atoms with Crippen LogP contribution >= 0.6 is 0 Å². The molecule has 0 bridgehead atoms. The van der Waals surface area contributed by atoms with E-state index >= 15 is 0 Å². The van der Waals surface area contributed by atoms with Crippen LogP contribution in [-0.4, -0.2) is 26.7 Å². The van der Waals surface area contributed by atoms with Crippen molar-refractivity contribution >= 4 is 5.97 Å². The van der Waals surface area contributed by atoms with Gasteiger partial charge in [0.25, 0.3) is 0 Å². The van der Waals surface area contributed by atoms with Crippen LogP contribution in [0.4, 0.5) is 4.39 Å². The number of aromatic nitrogens is 1. The minimum Gasteiger partial charge on any atom is -0.493 e. The first-order valence-corrected chi connectivity index (χ1v) is 4.37. The number of carbonyl (C=O) groups is 1. The van der Waals surface area contributed by atoms with Crippen LogP contribution in [0.15, 0.2) is 30.7 Å². The summed E-state index contributed by atoms with van der Waals surface area (Å²) >= 11 is 0. The molecule has 1 aromatic heterocycles. The molecule has 0 radical (unpaired) electrons. The van der Waals surface area contributed by atoms with Crippen molar-refractivity contribution in [1.82, 2.24) is 4.98 Å². The summed E-state index contributed by atoms with van der Waals surface area (Å²) < 4.78 is 13.0. The van der Waals surface area contributed by atoms with Crippen LogP contribution in [0.2, 0.25) is 0 Å². The summed E-state index contributed by atoms with van der Waals surface area (Å²) in [5.74, 6) is -2.85. The Morgan fingerprint density at radius 3 is 2.62 bits per heavy atom. The Morgan fingerprint density at radius 1 is 1.62 bits per heavy atom. The first-order valence-electron chi connectivity index (χ1n) is 4.37. The highest BCUT2D eigenvalue weighted by Crippen LogP contribution is 2.20. The number of rotatable bonds is 4. The standard InChI is InChI=1S/C10H11FN2O3/c1-6(11)10(12,9(15)16)4-7-2-3-8(14)13-5-7/h2-3,5H,1,4,12H2,(H,13,14)(H,15,16). The first-order chi connectivity index (χ1) is 7.36. The Bertz CT molecular complexity index is 403. The summed E-state index contributed by atoms with van der Waals surface area (Å²) in [5, 5.41) is 17.7. The SMILES string of the molecule is C=C(F)C(N)(Cc1ccc(O)nc1)C(=O)O. The molecule has 86 valence electrons. The van der Waals surface area contributed by atoms with Crippen LogP contribution in [-0.2, 0) is 11.2 Å². The maximum Gasteiger partial charge on any atom is 0.331 e. The van der Waals surface area contributed by atoms with E-state index < -0.39 is 17.3 Å². The van der Waals surface area contributed by atoms with E-state index in [0.29, 0.717) is 5.56 Å².